The molecule has 1 saturated carbocycles. The Bertz CT molecular complexity index is 1020. The van der Waals surface area contributed by atoms with Crippen molar-refractivity contribution in [1.29, 1.82) is 0 Å². The van der Waals surface area contributed by atoms with Crippen LogP contribution in [0.1, 0.15) is 18.9 Å². The van der Waals surface area contributed by atoms with E-state index in [0.717, 1.165) is 0 Å². The van der Waals surface area contributed by atoms with Crippen molar-refractivity contribution in [3.05, 3.63) is 40.7 Å². The summed E-state index contributed by atoms with van der Waals surface area (Å²) in [5.74, 6) is -0.432. The molecule has 4 rings (SSSR count). The highest BCUT2D eigenvalue weighted by Crippen LogP contribution is 2.44. The van der Waals surface area contributed by atoms with Crippen molar-refractivity contribution in [3.63, 3.8) is 0 Å². The number of hydrogen-bond acceptors (Lipinski definition) is 8. The van der Waals surface area contributed by atoms with E-state index in [1.807, 2.05) is 19.3 Å². The second-order valence-electron chi connectivity index (χ2n) is 7.19. The van der Waals surface area contributed by atoms with E-state index in [1.54, 1.807) is 15.7 Å². The Morgan fingerprint density at radius 1 is 1.50 bits per heavy atom. The molecule has 1 fully saturated rings. The fourth-order valence-corrected chi connectivity index (χ4v) is 3.85. The zero-order valence-electron chi connectivity index (χ0n) is 15.4. The first-order chi connectivity index (χ1) is 13.5. The van der Waals surface area contributed by atoms with Gasteiger partial charge in [-0.05, 0) is 12.6 Å². The number of carbonyl (C=O) groups excluding carboxylic acids is 1. The predicted octanol–water partition coefficient (Wildman–Crippen LogP) is 0.148. The van der Waals surface area contributed by atoms with Crippen molar-refractivity contribution in [2.75, 3.05) is 26.0 Å². The molecule has 0 bridgehead atoms. The molecule has 3 atom stereocenters. The molecule has 10 nitrogen and oxygen atoms in total. The van der Waals surface area contributed by atoms with Gasteiger partial charge in [-0.1, -0.05) is 6.08 Å². The van der Waals surface area contributed by atoms with E-state index >= 15 is 0 Å². The average molecular weight is 386 g/mol. The summed E-state index contributed by atoms with van der Waals surface area (Å²) in [6, 6.07) is -0.0876. The minimum absolute atomic E-state index is 0.0179. The van der Waals surface area contributed by atoms with E-state index in [1.165, 1.54) is 6.33 Å². The summed E-state index contributed by atoms with van der Waals surface area (Å²) in [7, 11) is 1.85. The molecule has 0 radical (unpaired) electrons. The molecule has 2 aromatic rings. The monoisotopic (exact) mass is 386 g/mol. The first-order valence-electron chi connectivity index (χ1n) is 9.07. The molecular formula is C18H22N6O4. The van der Waals surface area contributed by atoms with Gasteiger partial charge in [-0.15, -0.1) is 0 Å². The number of aliphatic hydroxyl groups is 1. The molecule has 10 heteroatoms. The van der Waals surface area contributed by atoms with Crippen LogP contribution in [-0.4, -0.2) is 55.8 Å². The molecule has 0 spiro atoms. The summed E-state index contributed by atoms with van der Waals surface area (Å²) in [6.45, 7) is 0.160. The molecule has 2 aliphatic rings. The number of anilines is 1. The van der Waals surface area contributed by atoms with Crippen LogP contribution < -0.4 is 11.3 Å². The molecule has 1 aliphatic carbocycles. The van der Waals surface area contributed by atoms with E-state index in [9.17, 15) is 14.7 Å². The lowest BCUT2D eigenvalue weighted by molar-refractivity contribution is -0.144. The number of rotatable bonds is 5. The van der Waals surface area contributed by atoms with Gasteiger partial charge in [-0.2, -0.15) is 4.98 Å². The van der Waals surface area contributed by atoms with Gasteiger partial charge in [0.25, 0.3) is 5.56 Å². The third kappa shape index (κ3) is 3.15. The van der Waals surface area contributed by atoms with Gasteiger partial charge < -0.3 is 25.0 Å². The van der Waals surface area contributed by atoms with Crippen molar-refractivity contribution in [2.45, 2.75) is 18.9 Å². The molecule has 2 aromatic heterocycles. The number of aliphatic hydroxyl groups excluding tert-OH is 1. The van der Waals surface area contributed by atoms with Crippen LogP contribution in [0, 0.1) is 11.8 Å². The minimum Gasteiger partial charge on any atom is -0.462 e. The molecule has 0 saturated heterocycles. The van der Waals surface area contributed by atoms with Crippen molar-refractivity contribution < 1.29 is 14.6 Å². The Morgan fingerprint density at radius 2 is 2.32 bits per heavy atom. The number of nitrogens with zero attached hydrogens (tertiary/aromatic N) is 4. The molecule has 3 heterocycles. The maximum atomic E-state index is 12.3. The molecule has 148 valence electrons. The fourth-order valence-electron chi connectivity index (χ4n) is 3.85. The van der Waals surface area contributed by atoms with E-state index in [-0.39, 0.29) is 48.5 Å². The second kappa shape index (κ2) is 7.12. The maximum absolute atomic E-state index is 12.3. The van der Waals surface area contributed by atoms with Crippen LogP contribution >= 0.6 is 0 Å². The molecule has 0 amide bonds. The van der Waals surface area contributed by atoms with Crippen LogP contribution in [0.25, 0.3) is 11.2 Å². The lowest BCUT2D eigenvalue weighted by Gasteiger charge is -2.44. The Hall–Kier alpha value is -3.14. The molecular weight excluding hydrogens is 364 g/mol. The summed E-state index contributed by atoms with van der Waals surface area (Å²) < 4.78 is 7.23. The summed E-state index contributed by atoms with van der Waals surface area (Å²) in [5, 5.41) is 9.84. The third-order valence-corrected chi connectivity index (χ3v) is 5.39. The number of nitrogens with one attached hydrogen (secondary N) is 1. The number of aromatic nitrogens is 4. The number of imidazole rings is 1. The summed E-state index contributed by atoms with van der Waals surface area (Å²) in [4.78, 5) is 36.7. The maximum Gasteiger partial charge on any atom is 0.335 e. The average Bonchev–Trinajstić information content (AvgIpc) is 3.04. The number of carbonyl (C=O) groups is 1. The number of ether oxygens (including phenoxy) is 1. The van der Waals surface area contributed by atoms with Gasteiger partial charge in [0.2, 0.25) is 5.95 Å². The van der Waals surface area contributed by atoms with Crippen LogP contribution in [0.2, 0.25) is 0 Å². The first kappa shape index (κ1) is 18.2. The molecule has 1 aliphatic heterocycles. The lowest BCUT2D eigenvalue weighted by atomic mass is 9.70. The Labute approximate surface area is 160 Å². The largest absolute Gasteiger partial charge is 0.462 e. The number of aromatic amines is 1. The van der Waals surface area contributed by atoms with Crippen LogP contribution in [0.4, 0.5) is 5.95 Å². The smallest absolute Gasteiger partial charge is 0.335 e. The standard InChI is InChI=1S/C18H22N6O4/c1-23-4-2-3-10(6-23)17(27)28-8-11-5-13(12(11)7-25)24-9-20-14-15(24)21-18(19)22-16(14)26/h2,4,6,9,11-13,25H,3,5,7-8H2,1H3,(H3,19,21,22,26). The van der Waals surface area contributed by atoms with E-state index in [2.05, 4.69) is 15.0 Å². The number of H-pyrrole nitrogens is 1. The van der Waals surface area contributed by atoms with Gasteiger partial charge in [0.15, 0.2) is 11.2 Å². The molecule has 28 heavy (non-hydrogen) atoms. The predicted molar refractivity (Wildman–Crippen MR) is 101 cm³/mol. The van der Waals surface area contributed by atoms with Crippen molar-refractivity contribution in [1.82, 2.24) is 24.4 Å². The molecule has 4 N–H and O–H groups in total. The number of nitrogens with two attached hydrogens (primary N) is 1. The van der Waals surface area contributed by atoms with Crippen LogP contribution in [0.15, 0.2) is 35.2 Å². The van der Waals surface area contributed by atoms with E-state index in [4.69, 9.17) is 10.5 Å². The highest BCUT2D eigenvalue weighted by Gasteiger charge is 2.43. The number of fused-ring (bicyclic) bond motifs is 1. The number of nitrogen functional groups attached to an aromatic ring is 1. The van der Waals surface area contributed by atoms with Gasteiger partial charge in [-0.25, -0.2) is 9.78 Å². The van der Waals surface area contributed by atoms with Gasteiger partial charge in [0, 0.05) is 44.2 Å². The van der Waals surface area contributed by atoms with Crippen LogP contribution in [0.5, 0.6) is 0 Å². The zero-order valence-corrected chi connectivity index (χ0v) is 15.4. The minimum atomic E-state index is -0.397. The fraction of sp³-hybridized carbons (Fsp3) is 0.444. The highest BCUT2D eigenvalue weighted by atomic mass is 16.5. The third-order valence-electron chi connectivity index (χ3n) is 5.39. The second-order valence-corrected chi connectivity index (χ2v) is 7.19. The van der Waals surface area contributed by atoms with Crippen molar-refractivity contribution in [2.24, 2.45) is 11.8 Å². The number of esters is 1. The van der Waals surface area contributed by atoms with Crippen LogP contribution in [-0.2, 0) is 9.53 Å². The summed E-state index contributed by atoms with van der Waals surface area (Å²) in [5.41, 5.74) is 6.44. The summed E-state index contributed by atoms with van der Waals surface area (Å²) in [6.07, 6.45) is 8.30. The number of allylic oxidation sites excluding steroid dienone is 1. The normalized spacial score (nSPS) is 24.1. The van der Waals surface area contributed by atoms with Gasteiger partial charge in [0.1, 0.15) is 0 Å². The van der Waals surface area contributed by atoms with Gasteiger partial charge >= 0.3 is 5.97 Å². The first-order valence-corrected chi connectivity index (χ1v) is 9.07. The summed E-state index contributed by atoms with van der Waals surface area (Å²) >= 11 is 0. The van der Waals surface area contributed by atoms with Crippen LogP contribution in [0.3, 0.4) is 0 Å². The highest BCUT2D eigenvalue weighted by molar-refractivity contribution is 5.88. The van der Waals surface area contributed by atoms with Gasteiger partial charge in [-0.3, -0.25) is 9.78 Å². The Balaban J connectivity index is 1.44. The van der Waals surface area contributed by atoms with Gasteiger partial charge in [0.05, 0.1) is 18.5 Å². The van der Waals surface area contributed by atoms with E-state index < -0.39 is 5.56 Å². The molecule has 0 aromatic carbocycles. The Kier molecular flexibility index (Phi) is 4.63. The van der Waals surface area contributed by atoms with Crippen molar-refractivity contribution >= 4 is 23.1 Å². The van der Waals surface area contributed by atoms with E-state index in [0.29, 0.717) is 24.1 Å². The number of hydrogen-bond donors (Lipinski definition) is 3. The SMILES string of the molecule is CN1C=CCC(C(=O)OCC2CC(n3cnc4c(=O)[nH]c(N)nc43)C2CO)=C1. The lowest BCUT2D eigenvalue weighted by Crippen LogP contribution is -2.43. The van der Waals surface area contributed by atoms with Crippen molar-refractivity contribution in [3.8, 4) is 0 Å². The quantitative estimate of drug-likeness (QED) is 0.617. The Morgan fingerprint density at radius 3 is 3.07 bits per heavy atom. The topological polar surface area (TPSA) is 139 Å². The zero-order chi connectivity index (χ0) is 19.8. The molecule has 3 unspecified atom stereocenters.